The van der Waals surface area contributed by atoms with Crippen LogP contribution >= 0.6 is 11.3 Å². The van der Waals surface area contributed by atoms with Crippen molar-refractivity contribution in [3.8, 4) is 11.5 Å². The maximum atomic E-state index is 13.2. The Kier molecular flexibility index (Phi) is 7.23. The quantitative estimate of drug-likeness (QED) is 0.371. The molecule has 0 atom stereocenters. The van der Waals surface area contributed by atoms with Crippen molar-refractivity contribution in [2.45, 2.75) is 18.4 Å². The molecule has 0 aliphatic heterocycles. The molecule has 0 bridgehead atoms. The molecule has 176 valence electrons. The minimum atomic E-state index is -3.86. The first kappa shape index (κ1) is 23.8. The van der Waals surface area contributed by atoms with Gasteiger partial charge in [0.2, 0.25) is 10.0 Å². The largest absolute Gasteiger partial charge is 0.457 e. The number of rotatable bonds is 8. The lowest BCUT2D eigenvalue weighted by molar-refractivity contribution is 0.0994. The zero-order valence-electron chi connectivity index (χ0n) is 18.4. The van der Waals surface area contributed by atoms with Crippen LogP contribution in [0.25, 0.3) is 10.2 Å². The molecule has 8 nitrogen and oxygen atoms in total. The average Bonchev–Trinajstić information content (AvgIpc) is 3.16. The van der Waals surface area contributed by atoms with Crippen LogP contribution in [0.4, 0.5) is 0 Å². The van der Waals surface area contributed by atoms with Gasteiger partial charge in [-0.25, -0.2) is 13.6 Å². The highest BCUT2D eigenvalue weighted by atomic mass is 32.2. The van der Waals surface area contributed by atoms with Crippen molar-refractivity contribution in [3.63, 3.8) is 0 Å². The SMILES string of the molecule is CCOCCn1c(=NC(=O)c2ccccc2Oc2ccccc2)sc2cc(S(N)(=O)=O)ccc21. The van der Waals surface area contributed by atoms with Gasteiger partial charge in [0.15, 0.2) is 4.80 Å². The fraction of sp³-hybridized carbons (Fsp3) is 0.167. The Bertz CT molecular complexity index is 1490. The summed E-state index contributed by atoms with van der Waals surface area (Å²) in [6.45, 7) is 3.30. The summed E-state index contributed by atoms with van der Waals surface area (Å²) >= 11 is 1.20. The molecule has 0 aliphatic rings. The van der Waals surface area contributed by atoms with Gasteiger partial charge in [0.25, 0.3) is 5.91 Å². The first-order chi connectivity index (χ1) is 16.4. The standard InChI is InChI=1S/C24H23N3O5S2/c1-2-31-15-14-27-20-13-12-18(34(25,29)30)16-22(20)33-24(27)26-23(28)19-10-6-7-11-21(19)32-17-8-4-3-5-9-17/h3-13,16H,2,14-15H2,1H3,(H2,25,29,30). The van der Waals surface area contributed by atoms with E-state index in [0.29, 0.717) is 46.3 Å². The van der Waals surface area contributed by atoms with E-state index in [1.54, 1.807) is 42.5 Å². The summed E-state index contributed by atoms with van der Waals surface area (Å²) in [6.07, 6.45) is 0. The lowest BCUT2D eigenvalue weighted by atomic mass is 10.2. The van der Waals surface area contributed by atoms with Crippen molar-refractivity contribution in [2.24, 2.45) is 10.1 Å². The zero-order valence-corrected chi connectivity index (χ0v) is 20.0. The Balaban J connectivity index is 1.78. The molecule has 0 spiro atoms. The van der Waals surface area contributed by atoms with Crippen molar-refractivity contribution in [3.05, 3.63) is 83.2 Å². The van der Waals surface area contributed by atoms with E-state index in [2.05, 4.69) is 4.99 Å². The third kappa shape index (κ3) is 5.42. The third-order valence-electron chi connectivity index (χ3n) is 4.93. The first-order valence-corrected chi connectivity index (χ1v) is 12.9. The highest BCUT2D eigenvalue weighted by Crippen LogP contribution is 2.26. The van der Waals surface area contributed by atoms with Crippen LogP contribution in [0, 0.1) is 0 Å². The molecule has 0 radical (unpaired) electrons. The molecule has 3 aromatic carbocycles. The molecule has 0 saturated carbocycles. The number of carbonyl (C=O) groups excluding carboxylic acids is 1. The number of carbonyl (C=O) groups is 1. The monoisotopic (exact) mass is 497 g/mol. The van der Waals surface area contributed by atoms with Crippen LogP contribution in [0.5, 0.6) is 11.5 Å². The minimum absolute atomic E-state index is 0.00214. The second kappa shape index (κ2) is 10.3. The lowest BCUT2D eigenvalue weighted by Crippen LogP contribution is -2.20. The summed E-state index contributed by atoms with van der Waals surface area (Å²) in [4.78, 5) is 18.0. The Morgan fingerprint density at radius 2 is 1.79 bits per heavy atom. The molecule has 0 aliphatic carbocycles. The number of primary sulfonamides is 1. The van der Waals surface area contributed by atoms with Gasteiger partial charge in [-0.3, -0.25) is 4.79 Å². The highest BCUT2D eigenvalue weighted by molar-refractivity contribution is 7.89. The molecule has 2 N–H and O–H groups in total. The summed E-state index contributed by atoms with van der Waals surface area (Å²) in [5.41, 5.74) is 1.04. The van der Waals surface area contributed by atoms with Crippen LogP contribution in [-0.4, -0.2) is 32.1 Å². The molecule has 1 aromatic heterocycles. The fourth-order valence-electron chi connectivity index (χ4n) is 3.33. The molecule has 10 heteroatoms. The number of nitrogens with zero attached hydrogens (tertiary/aromatic N) is 2. The van der Waals surface area contributed by atoms with Crippen molar-refractivity contribution in [1.82, 2.24) is 4.57 Å². The van der Waals surface area contributed by atoms with Gasteiger partial charge in [0, 0.05) is 13.2 Å². The topological polar surface area (TPSA) is 113 Å². The van der Waals surface area contributed by atoms with E-state index in [1.807, 2.05) is 29.7 Å². The Hall–Kier alpha value is -3.31. The van der Waals surface area contributed by atoms with Gasteiger partial charge in [-0.15, -0.1) is 0 Å². The van der Waals surface area contributed by atoms with Crippen LogP contribution in [0.15, 0.2) is 82.7 Å². The van der Waals surface area contributed by atoms with Crippen molar-refractivity contribution in [2.75, 3.05) is 13.2 Å². The first-order valence-electron chi connectivity index (χ1n) is 10.5. The van der Waals surface area contributed by atoms with E-state index < -0.39 is 15.9 Å². The van der Waals surface area contributed by atoms with Crippen LogP contribution < -0.4 is 14.7 Å². The van der Waals surface area contributed by atoms with Gasteiger partial charge in [0.05, 0.1) is 27.3 Å². The van der Waals surface area contributed by atoms with Crippen LogP contribution in [-0.2, 0) is 21.3 Å². The van der Waals surface area contributed by atoms with Crippen molar-refractivity contribution >= 4 is 37.5 Å². The number of amides is 1. The molecule has 0 unspecified atom stereocenters. The van der Waals surface area contributed by atoms with Gasteiger partial charge in [-0.1, -0.05) is 41.7 Å². The maximum absolute atomic E-state index is 13.2. The van der Waals surface area contributed by atoms with E-state index >= 15 is 0 Å². The van der Waals surface area contributed by atoms with Gasteiger partial charge >= 0.3 is 0 Å². The number of hydrogen-bond donors (Lipinski definition) is 1. The molecule has 4 aromatic rings. The summed E-state index contributed by atoms with van der Waals surface area (Å²) in [5, 5.41) is 5.29. The molecule has 1 amide bonds. The Morgan fingerprint density at radius 3 is 2.53 bits per heavy atom. The number of ether oxygens (including phenoxy) is 2. The number of fused-ring (bicyclic) bond motifs is 1. The zero-order chi connectivity index (χ0) is 24.1. The van der Waals surface area contributed by atoms with Gasteiger partial charge in [-0.2, -0.15) is 4.99 Å². The summed E-state index contributed by atoms with van der Waals surface area (Å²) in [5.74, 6) is 0.516. The molecular formula is C24H23N3O5S2. The molecule has 34 heavy (non-hydrogen) atoms. The van der Waals surface area contributed by atoms with Crippen molar-refractivity contribution in [1.29, 1.82) is 0 Å². The normalized spacial score (nSPS) is 12.2. The second-order valence-corrected chi connectivity index (χ2v) is 9.81. The van der Waals surface area contributed by atoms with Gasteiger partial charge in [0.1, 0.15) is 11.5 Å². The average molecular weight is 498 g/mol. The maximum Gasteiger partial charge on any atom is 0.283 e. The van der Waals surface area contributed by atoms with Gasteiger partial charge in [-0.05, 0) is 49.4 Å². The summed E-state index contributed by atoms with van der Waals surface area (Å²) in [6, 6.07) is 20.7. The lowest BCUT2D eigenvalue weighted by Gasteiger charge is -2.09. The van der Waals surface area contributed by atoms with Crippen molar-refractivity contribution < 1.29 is 22.7 Å². The second-order valence-electron chi connectivity index (χ2n) is 7.24. The number of para-hydroxylation sites is 2. The third-order valence-corrected chi connectivity index (χ3v) is 6.88. The van der Waals surface area contributed by atoms with E-state index in [4.69, 9.17) is 14.6 Å². The van der Waals surface area contributed by atoms with Gasteiger partial charge < -0.3 is 14.0 Å². The van der Waals surface area contributed by atoms with Crippen LogP contribution in [0.1, 0.15) is 17.3 Å². The molecular weight excluding hydrogens is 474 g/mol. The Morgan fingerprint density at radius 1 is 1.06 bits per heavy atom. The van der Waals surface area contributed by atoms with Crippen LogP contribution in [0.3, 0.4) is 0 Å². The highest BCUT2D eigenvalue weighted by Gasteiger charge is 2.16. The number of hydrogen-bond acceptors (Lipinski definition) is 6. The smallest absolute Gasteiger partial charge is 0.283 e. The summed E-state index contributed by atoms with van der Waals surface area (Å²) < 4.78 is 37.5. The number of nitrogens with two attached hydrogens (primary N) is 1. The molecule has 1 heterocycles. The Labute approximate surface area is 201 Å². The van der Waals surface area contributed by atoms with E-state index in [9.17, 15) is 13.2 Å². The van der Waals surface area contributed by atoms with Crippen LogP contribution in [0.2, 0.25) is 0 Å². The minimum Gasteiger partial charge on any atom is -0.457 e. The van der Waals surface area contributed by atoms with E-state index in [0.717, 1.165) is 5.52 Å². The predicted molar refractivity (Wildman–Crippen MR) is 131 cm³/mol. The number of sulfonamides is 1. The molecule has 0 saturated heterocycles. The fourth-order valence-corrected chi connectivity index (χ4v) is 5.04. The number of thiazole rings is 1. The molecule has 0 fully saturated rings. The predicted octanol–water partition coefficient (Wildman–Crippen LogP) is 3.92. The number of aromatic nitrogens is 1. The van der Waals surface area contributed by atoms with E-state index in [1.165, 1.54) is 23.5 Å². The van der Waals surface area contributed by atoms with E-state index in [-0.39, 0.29) is 4.90 Å². The number of benzene rings is 3. The summed E-state index contributed by atoms with van der Waals surface area (Å²) in [7, 11) is -3.86. The molecule has 4 rings (SSSR count).